The summed E-state index contributed by atoms with van der Waals surface area (Å²) < 4.78 is 30.4. The molecule has 1 N–H and O–H groups in total. The maximum absolute atomic E-state index is 13.7. The summed E-state index contributed by atoms with van der Waals surface area (Å²) in [5, 5.41) is 3.92. The predicted molar refractivity (Wildman–Crippen MR) is 106 cm³/mol. The van der Waals surface area contributed by atoms with Gasteiger partial charge in [0.1, 0.15) is 12.4 Å². The van der Waals surface area contributed by atoms with E-state index in [0.717, 1.165) is 25.1 Å². The molecule has 0 amide bonds. The first kappa shape index (κ1) is 21.5. The molecule has 0 fully saturated rings. The molecule has 2 rings (SSSR count). The summed E-state index contributed by atoms with van der Waals surface area (Å²) in [6, 6.07) is 10.1. The van der Waals surface area contributed by atoms with Crippen LogP contribution in [0.1, 0.15) is 31.4 Å². The maximum atomic E-state index is 13.7. The van der Waals surface area contributed by atoms with Crippen molar-refractivity contribution in [1.82, 2.24) is 5.32 Å². The third-order valence-electron chi connectivity index (χ3n) is 3.94. The second-order valence-electron chi connectivity index (χ2n) is 6.42. The van der Waals surface area contributed by atoms with Gasteiger partial charge in [-0.05, 0) is 44.5 Å². The van der Waals surface area contributed by atoms with Gasteiger partial charge in [0.25, 0.3) is 0 Å². The van der Waals surface area contributed by atoms with Crippen molar-refractivity contribution in [2.75, 3.05) is 20.3 Å². The topological polar surface area (TPSA) is 39.7 Å². The molecule has 4 nitrogen and oxygen atoms in total. The molecule has 0 heterocycles. The fourth-order valence-electron chi connectivity index (χ4n) is 2.50. The van der Waals surface area contributed by atoms with Crippen molar-refractivity contribution in [3.63, 3.8) is 0 Å². The van der Waals surface area contributed by atoms with Crippen LogP contribution in [0.2, 0.25) is 5.02 Å². The van der Waals surface area contributed by atoms with Gasteiger partial charge in [0.2, 0.25) is 0 Å². The third-order valence-corrected chi connectivity index (χ3v) is 4.29. The van der Waals surface area contributed by atoms with Gasteiger partial charge in [-0.25, -0.2) is 4.39 Å². The minimum atomic E-state index is -0.301. The second-order valence-corrected chi connectivity index (χ2v) is 6.83. The Hall–Kier alpha value is -1.82. The maximum Gasteiger partial charge on any atom is 0.163 e. The standard InChI is InChI=1S/C21H27ClFNO3/c1-15(2)26-10-6-9-24-13-17-11-20(25-3)21(12-18(17)22)27-14-16-7-4-5-8-19(16)23/h4-5,7-8,11-12,15,24H,6,9-10,13-14H2,1-3H3. The number of rotatable bonds is 11. The minimum absolute atomic E-state index is 0.104. The van der Waals surface area contributed by atoms with E-state index in [1.54, 1.807) is 31.4 Å². The van der Waals surface area contributed by atoms with Gasteiger partial charge in [0.05, 0.1) is 13.2 Å². The number of halogens is 2. The molecular weight excluding hydrogens is 369 g/mol. The van der Waals surface area contributed by atoms with E-state index < -0.39 is 0 Å². The third kappa shape index (κ3) is 7.01. The van der Waals surface area contributed by atoms with E-state index in [4.69, 9.17) is 25.8 Å². The highest BCUT2D eigenvalue weighted by Crippen LogP contribution is 2.34. The van der Waals surface area contributed by atoms with Crippen molar-refractivity contribution in [2.45, 2.75) is 39.5 Å². The van der Waals surface area contributed by atoms with Crippen LogP contribution in [0.3, 0.4) is 0 Å². The summed E-state index contributed by atoms with van der Waals surface area (Å²) in [5.41, 5.74) is 1.39. The highest BCUT2D eigenvalue weighted by atomic mass is 35.5. The molecule has 2 aromatic rings. The van der Waals surface area contributed by atoms with Gasteiger partial charge in [-0.15, -0.1) is 0 Å². The lowest BCUT2D eigenvalue weighted by molar-refractivity contribution is 0.0770. The summed E-state index contributed by atoms with van der Waals surface area (Å²) in [4.78, 5) is 0. The van der Waals surface area contributed by atoms with Crippen molar-refractivity contribution in [3.8, 4) is 11.5 Å². The van der Waals surface area contributed by atoms with Crippen molar-refractivity contribution in [2.24, 2.45) is 0 Å². The molecule has 0 unspecified atom stereocenters. The SMILES string of the molecule is COc1cc(CNCCCOC(C)C)c(Cl)cc1OCc1ccccc1F. The molecule has 0 aliphatic carbocycles. The molecule has 148 valence electrons. The molecule has 0 spiro atoms. The molecule has 0 aromatic heterocycles. The van der Waals surface area contributed by atoms with Crippen molar-refractivity contribution >= 4 is 11.6 Å². The Morgan fingerprint density at radius 2 is 1.89 bits per heavy atom. The highest BCUT2D eigenvalue weighted by Gasteiger charge is 2.12. The first-order valence-corrected chi connectivity index (χ1v) is 9.44. The molecule has 0 bridgehead atoms. The molecule has 0 saturated heterocycles. The van der Waals surface area contributed by atoms with Gasteiger partial charge >= 0.3 is 0 Å². The van der Waals surface area contributed by atoms with Gasteiger partial charge in [-0.1, -0.05) is 29.8 Å². The van der Waals surface area contributed by atoms with Gasteiger partial charge < -0.3 is 19.5 Å². The van der Waals surface area contributed by atoms with Crippen LogP contribution in [0.15, 0.2) is 36.4 Å². The Labute approximate surface area is 165 Å². The van der Waals surface area contributed by atoms with Crippen molar-refractivity contribution in [3.05, 3.63) is 58.4 Å². The summed E-state index contributed by atoms with van der Waals surface area (Å²) >= 11 is 6.38. The quantitative estimate of drug-likeness (QED) is 0.545. The molecule has 0 aliphatic heterocycles. The molecule has 0 atom stereocenters. The lowest BCUT2D eigenvalue weighted by Crippen LogP contribution is -2.17. The summed E-state index contributed by atoms with van der Waals surface area (Å²) in [6.07, 6.45) is 1.18. The zero-order valence-corrected chi connectivity index (χ0v) is 16.8. The largest absolute Gasteiger partial charge is 0.493 e. The van der Waals surface area contributed by atoms with E-state index in [1.807, 2.05) is 19.9 Å². The normalized spacial score (nSPS) is 11.0. The second kappa shape index (κ2) is 11.1. The van der Waals surface area contributed by atoms with Crippen LogP contribution in [-0.4, -0.2) is 26.4 Å². The first-order valence-electron chi connectivity index (χ1n) is 9.06. The smallest absolute Gasteiger partial charge is 0.163 e. The number of ether oxygens (including phenoxy) is 3. The monoisotopic (exact) mass is 395 g/mol. The Morgan fingerprint density at radius 1 is 1.11 bits per heavy atom. The van der Waals surface area contributed by atoms with E-state index in [2.05, 4.69) is 5.32 Å². The average Bonchev–Trinajstić information content (AvgIpc) is 2.64. The van der Waals surface area contributed by atoms with E-state index in [-0.39, 0.29) is 18.5 Å². The summed E-state index contributed by atoms with van der Waals surface area (Å²) in [5.74, 6) is 0.750. The number of hydrogen-bond donors (Lipinski definition) is 1. The predicted octanol–water partition coefficient (Wildman–Crippen LogP) is 4.97. The van der Waals surface area contributed by atoms with E-state index >= 15 is 0 Å². The first-order chi connectivity index (χ1) is 13.0. The van der Waals surface area contributed by atoms with Gasteiger partial charge in [-0.2, -0.15) is 0 Å². The van der Waals surface area contributed by atoms with Crippen LogP contribution >= 0.6 is 11.6 Å². The minimum Gasteiger partial charge on any atom is -0.493 e. The van der Waals surface area contributed by atoms with Gasteiger partial charge in [0.15, 0.2) is 11.5 Å². The molecule has 2 aromatic carbocycles. The summed E-state index contributed by atoms with van der Waals surface area (Å²) in [6.45, 7) is 6.32. The Morgan fingerprint density at radius 3 is 2.59 bits per heavy atom. The van der Waals surface area contributed by atoms with Gasteiger partial charge in [-0.3, -0.25) is 0 Å². The Bertz CT molecular complexity index is 725. The fourth-order valence-corrected chi connectivity index (χ4v) is 2.72. The van der Waals surface area contributed by atoms with Gasteiger partial charge in [0, 0.05) is 29.8 Å². The fraction of sp³-hybridized carbons (Fsp3) is 0.429. The lowest BCUT2D eigenvalue weighted by Gasteiger charge is -2.15. The molecule has 6 heteroatoms. The van der Waals surface area contributed by atoms with Crippen molar-refractivity contribution in [1.29, 1.82) is 0 Å². The van der Waals surface area contributed by atoms with Crippen LogP contribution in [0.4, 0.5) is 4.39 Å². The summed E-state index contributed by atoms with van der Waals surface area (Å²) in [7, 11) is 1.57. The van der Waals surface area contributed by atoms with E-state index in [1.165, 1.54) is 6.07 Å². The van der Waals surface area contributed by atoms with E-state index in [9.17, 15) is 4.39 Å². The lowest BCUT2D eigenvalue weighted by atomic mass is 10.2. The van der Waals surface area contributed by atoms with Crippen LogP contribution in [0, 0.1) is 5.82 Å². The van der Waals surface area contributed by atoms with Crippen LogP contribution in [0.25, 0.3) is 0 Å². The average molecular weight is 396 g/mol. The van der Waals surface area contributed by atoms with Crippen LogP contribution in [0.5, 0.6) is 11.5 Å². The Balaban J connectivity index is 1.92. The molecule has 0 radical (unpaired) electrons. The Kier molecular flexibility index (Phi) is 8.85. The molecule has 0 aliphatic rings. The van der Waals surface area contributed by atoms with Crippen molar-refractivity contribution < 1.29 is 18.6 Å². The number of methoxy groups -OCH3 is 1. The zero-order chi connectivity index (χ0) is 19.6. The van der Waals surface area contributed by atoms with Crippen LogP contribution in [-0.2, 0) is 17.9 Å². The molecule has 27 heavy (non-hydrogen) atoms. The zero-order valence-electron chi connectivity index (χ0n) is 16.1. The van der Waals surface area contributed by atoms with Crippen LogP contribution < -0.4 is 14.8 Å². The van der Waals surface area contributed by atoms with E-state index in [0.29, 0.717) is 28.6 Å². The molecular formula is C21H27ClFNO3. The number of nitrogens with one attached hydrogen (secondary N) is 1. The molecule has 0 saturated carbocycles. The number of hydrogen-bond acceptors (Lipinski definition) is 4. The highest BCUT2D eigenvalue weighted by molar-refractivity contribution is 6.31. The number of benzene rings is 2.